The van der Waals surface area contributed by atoms with Crippen molar-refractivity contribution in [3.05, 3.63) is 28.8 Å². The third kappa shape index (κ3) is 2.90. The molecule has 0 heterocycles. The third-order valence-electron chi connectivity index (χ3n) is 2.77. The van der Waals surface area contributed by atoms with Crippen molar-refractivity contribution in [2.45, 2.75) is 42.4 Å². The zero-order valence-corrected chi connectivity index (χ0v) is 10.2. The molecule has 1 fully saturated rings. The topological polar surface area (TPSA) is 20.2 Å². The highest BCUT2D eigenvalue weighted by Crippen LogP contribution is 2.38. The fourth-order valence-electron chi connectivity index (χ4n) is 1.92. The van der Waals surface area contributed by atoms with E-state index in [1.54, 1.807) is 0 Å². The second-order valence-electron chi connectivity index (χ2n) is 3.95. The van der Waals surface area contributed by atoms with Crippen LogP contribution in [-0.4, -0.2) is 10.4 Å². The van der Waals surface area contributed by atoms with Crippen molar-refractivity contribution in [2.24, 2.45) is 0 Å². The van der Waals surface area contributed by atoms with E-state index in [-0.39, 0.29) is 6.61 Å². The fourth-order valence-corrected chi connectivity index (χ4v) is 3.51. The first-order valence-electron chi connectivity index (χ1n) is 5.35. The molecule has 0 aromatic heterocycles. The first kappa shape index (κ1) is 11.3. The molecule has 1 aromatic carbocycles. The maximum atomic E-state index is 8.97. The molecule has 2 rings (SSSR count). The van der Waals surface area contributed by atoms with Gasteiger partial charge >= 0.3 is 0 Å². The van der Waals surface area contributed by atoms with Gasteiger partial charge in [-0.2, -0.15) is 0 Å². The van der Waals surface area contributed by atoms with Gasteiger partial charge in [0.25, 0.3) is 0 Å². The fraction of sp³-hybridized carbons (Fsp3) is 0.500. The normalized spacial score (nSPS) is 17.2. The molecule has 0 spiro atoms. The van der Waals surface area contributed by atoms with Gasteiger partial charge in [0.1, 0.15) is 0 Å². The summed E-state index contributed by atoms with van der Waals surface area (Å²) in [5.74, 6) is 0. The van der Waals surface area contributed by atoms with E-state index in [1.165, 1.54) is 25.7 Å². The third-order valence-corrected chi connectivity index (χ3v) is 4.61. The second-order valence-corrected chi connectivity index (χ2v) is 5.70. The largest absolute Gasteiger partial charge is 0.392 e. The lowest BCUT2D eigenvalue weighted by Crippen LogP contribution is -1.94. The molecule has 1 aromatic rings. The predicted octanol–water partition coefficient (Wildman–Crippen LogP) is 3.87. The van der Waals surface area contributed by atoms with Crippen molar-refractivity contribution in [1.82, 2.24) is 0 Å². The van der Waals surface area contributed by atoms with Crippen molar-refractivity contribution >= 4 is 23.4 Å². The highest BCUT2D eigenvalue weighted by Gasteiger charge is 2.17. The highest BCUT2D eigenvalue weighted by atomic mass is 35.5. The van der Waals surface area contributed by atoms with Gasteiger partial charge in [0.2, 0.25) is 0 Å². The molecular formula is C12H15ClOS. The van der Waals surface area contributed by atoms with Gasteiger partial charge in [-0.3, -0.25) is 0 Å². The lowest BCUT2D eigenvalue weighted by Gasteiger charge is -2.10. The van der Waals surface area contributed by atoms with Crippen LogP contribution in [0.1, 0.15) is 31.2 Å². The van der Waals surface area contributed by atoms with E-state index in [9.17, 15) is 0 Å². The van der Waals surface area contributed by atoms with Crippen LogP contribution in [0.25, 0.3) is 0 Å². The van der Waals surface area contributed by atoms with Crippen LogP contribution in [-0.2, 0) is 6.61 Å². The number of aliphatic hydroxyl groups is 1. The van der Waals surface area contributed by atoms with Gasteiger partial charge in [-0.25, -0.2) is 0 Å². The van der Waals surface area contributed by atoms with E-state index in [1.807, 2.05) is 30.0 Å². The van der Waals surface area contributed by atoms with Crippen LogP contribution in [0.2, 0.25) is 5.02 Å². The molecule has 0 bridgehead atoms. The van der Waals surface area contributed by atoms with Crippen LogP contribution in [0.5, 0.6) is 0 Å². The van der Waals surface area contributed by atoms with Crippen LogP contribution in [0.3, 0.4) is 0 Å². The zero-order chi connectivity index (χ0) is 10.7. The number of hydrogen-bond acceptors (Lipinski definition) is 2. The second kappa shape index (κ2) is 5.24. The number of thioether (sulfide) groups is 1. The maximum absolute atomic E-state index is 8.97. The van der Waals surface area contributed by atoms with Gasteiger partial charge < -0.3 is 5.11 Å². The van der Waals surface area contributed by atoms with Crippen LogP contribution in [0.15, 0.2) is 23.1 Å². The average Bonchev–Trinajstić information content (AvgIpc) is 2.74. The monoisotopic (exact) mass is 242 g/mol. The molecule has 1 aliphatic rings. The Kier molecular flexibility index (Phi) is 3.95. The van der Waals surface area contributed by atoms with Gasteiger partial charge in [0, 0.05) is 10.1 Å². The van der Waals surface area contributed by atoms with Crippen LogP contribution >= 0.6 is 23.4 Å². The summed E-state index contributed by atoms with van der Waals surface area (Å²) in [6, 6.07) is 5.83. The molecule has 0 aliphatic heterocycles. The minimum atomic E-state index is 0.0636. The van der Waals surface area contributed by atoms with E-state index in [4.69, 9.17) is 16.7 Å². The molecule has 0 atom stereocenters. The number of hydrogen-bond donors (Lipinski definition) is 1. The quantitative estimate of drug-likeness (QED) is 0.869. The highest BCUT2D eigenvalue weighted by molar-refractivity contribution is 8.00. The van der Waals surface area contributed by atoms with Crippen molar-refractivity contribution in [1.29, 1.82) is 0 Å². The van der Waals surface area contributed by atoms with Crippen molar-refractivity contribution in [3.8, 4) is 0 Å². The number of aliphatic hydroxyl groups excluding tert-OH is 1. The van der Waals surface area contributed by atoms with Crippen LogP contribution in [0.4, 0.5) is 0 Å². The Hall–Kier alpha value is -0.180. The Balaban J connectivity index is 2.07. The molecule has 1 saturated carbocycles. The lowest BCUT2D eigenvalue weighted by molar-refractivity contribution is 0.282. The van der Waals surface area contributed by atoms with E-state index in [2.05, 4.69) is 0 Å². The lowest BCUT2D eigenvalue weighted by atomic mass is 10.2. The Morgan fingerprint density at radius 1 is 1.33 bits per heavy atom. The first-order valence-corrected chi connectivity index (χ1v) is 6.61. The summed E-state index contributed by atoms with van der Waals surface area (Å²) in [5.41, 5.74) is 0.885. The summed E-state index contributed by atoms with van der Waals surface area (Å²) in [7, 11) is 0. The first-order chi connectivity index (χ1) is 7.29. The summed E-state index contributed by atoms with van der Waals surface area (Å²) in [6.45, 7) is 0.0636. The SMILES string of the molecule is OCc1ccc(SC2CCCC2)c(Cl)c1. The summed E-state index contributed by atoms with van der Waals surface area (Å²) >= 11 is 8.04. The number of benzene rings is 1. The molecule has 3 heteroatoms. The molecular weight excluding hydrogens is 228 g/mol. The van der Waals surface area contributed by atoms with Gasteiger partial charge in [0.15, 0.2) is 0 Å². The van der Waals surface area contributed by atoms with Crippen LogP contribution in [0, 0.1) is 0 Å². The van der Waals surface area contributed by atoms with Gasteiger partial charge in [-0.15, -0.1) is 11.8 Å². The molecule has 1 N–H and O–H groups in total. The van der Waals surface area contributed by atoms with Gasteiger partial charge in [0.05, 0.1) is 11.6 Å². The molecule has 15 heavy (non-hydrogen) atoms. The van der Waals surface area contributed by atoms with Crippen LogP contribution < -0.4 is 0 Å². The smallest absolute Gasteiger partial charge is 0.0682 e. The van der Waals surface area contributed by atoms with Gasteiger partial charge in [-0.1, -0.05) is 30.5 Å². The Labute approximate surface area is 99.8 Å². The number of rotatable bonds is 3. The minimum absolute atomic E-state index is 0.0636. The summed E-state index contributed by atoms with van der Waals surface area (Å²) in [5, 5.41) is 10.5. The minimum Gasteiger partial charge on any atom is -0.392 e. The summed E-state index contributed by atoms with van der Waals surface area (Å²) in [6.07, 6.45) is 5.32. The molecule has 0 amide bonds. The van der Waals surface area contributed by atoms with Crippen molar-refractivity contribution in [3.63, 3.8) is 0 Å². The Morgan fingerprint density at radius 2 is 2.07 bits per heavy atom. The van der Waals surface area contributed by atoms with E-state index in [0.717, 1.165) is 20.7 Å². The maximum Gasteiger partial charge on any atom is 0.0682 e. The zero-order valence-electron chi connectivity index (χ0n) is 8.58. The van der Waals surface area contributed by atoms with Gasteiger partial charge in [-0.05, 0) is 30.5 Å². The molecule has 0 saturated heterocycles. The van der Waals surface area contributed by atoms with E-state index < -0.39 is 0 Å². The van der Waals surface area contributed by atoms with Crippen molar-refractivity contribution < 1.29 is 5.11 Å². The molecule has 82 valence electrons. The molecule has 1 aliphatic carbocycles. The predicted molar refractivity (Wildman–Crippen MR) is 65.5 cm³/mol. The summed E-state index contributed by atoms with van der Waals surface area (Å²) in [4.78, 5) is 1.15. The standard InChI is InChI=1S/C12H15ClOS/c13-11-7-9(8-14)5-6-12(11)15-10-3-1-2-4-10/h5-7,10,14H,1-4,8H2. The van der Waals surface area contributed by atoms with Crippen molar-refractivity contribution in [2.75, 3.05) is 0 Å². The Morgan fingerprint density at radius 3 is 2.67 bits per heavy atom. The molecule has 0 unspecified atom stereocenters. The summed E-state index contributed by atoms with van der Waals surface area (Å²) < 4.78 is 0. The van der Waals surface area contributed by atoms with E-state index in [0.29, 0.717) is 0 Å². The molecule has 1 nitrogen and oxygen atoms in total. The van der Waals surface area contributed by atoms with E-state index >= 15 is 0 Å². The Bertz CT molecular complexity index is 334. The molecule has 0 radical (unpaired) electrons. The average molecular weight is 243 g/mol. The number of halogens is 1.